The lowest BCUT2D eigenvalue weighted by molar-refractivity contribution is -0.141. The Morgan fingerprint density at radius 1 is 1.08 bits per heavy atom. The largest absolute Gasteiger partial charge is 0.497 e. The van der Waals surface area contributed by atoms with Crippen LogP contribution >= 0.6 is 11.8 Å². The molecule has 1 unspecified atom stereocenters. The number of methoxy groups -OCH3 is 1. The van der Waals surface area contributed by atoms with Crippen LogP contribution in [-0.4, -0.2) is 36.5 Å². The van der Waals surface area contributed by atoms with E-state index in [9.17, 15) is 14.7 Å². The van der Waals surface area contributed by atoms with Gasteiger partial charge in [0.05, 0.1) is 19.5 Å². The minimum Gasteiger partial charge on any atom is -0.497 e. The summed E-state index contributed by atoms with van der Waals surface area (Å²) in [5.41, 5.74) is 0.484. The predicted molar refractivity (Wildman–Crippen MR) is 99.8 cm³/mol. The third kappa shape index (κ3) is 5.70. The van der Waals surface area contributed by atoms with Crippen LogP contribution in [0.4, 0.5) is 0 Å². The van der Waals surface area contributed by atoms with Crippen molar-refractivity contribution in [1.29, 1.82) is 0 Å². The zero-order chi connectivity index (χ0) is 18.9. The number of thioether (sulfide) groups is 1. The number of hydrogen-bond donors (Lipinski definition) is 2. The molecular weight excluding hydrogens is 354 g/mol. The summed E-state index contributed by atoms with van der Waals surface area (Å²) < 4.78 is 10.4. The number of nitrogens with one attached hydrogen (secondary N) is 1. The second-order valence-electron chi connectivity index (χ2n) is 5.31. The Labute approximate surface area is 156 Å². The molecule has 2 rings (SSSR count). The zero-order valence-corrected chi connectivity index (χ0v) is 15.4. The molecule has 6 nitrogen and oxygen atoms in total. The summed E-state index contributed by atoms with van der Waals surface area (Å²) in [4.78, 5) is 24.6. The number of carboxylic acids is 1. The van der Waals surface area contributed by atoms with Gasteiger partial charge in [0, 0.05) is 4.90 Å². The van der Waals surface area contributed by atoms with Crippen molar-refractivity contribution in [1.82, 2.24) is 5.32 Å². The molecule has 138 valence electrons. The summed E-state index contributed by atoms with van der Waals surface area (Å²) in [6, 6.07) is 12.9. The summed E-state index contributed by atoms with van der Waals surface area (Å²) in [5.74, 6) is 0.0391. The van der Waals surface area contributed by atoms with Crippen molar-refractivity contribution in [2.75, 3.05) is 19.5 Å². The molecule has 0 aromatic heterocycles. The zero-order valence-electron chi connectivity index (χ0n) is 14.6. The van der Waals surface area contributed by atoms with E-state index in [-0.39, 0.29) is 11.7 Å². The first kappa shape index (κ1) is 19.7. The van der Waals surface area contributed by atoms with Crippen LogP contribution in [0.5, 0.6) is 11.5 Å². The van der Waals surface area contributed by atoms with Gasteiger partial charge in [-0.05, 0) is 48.9 Å². The first-order valence-corrected chi connectivity index (χ1v) is 9.03. The van der Waals surface area contributed by atoms with E-state index >= 15 is 0 Å². The molecule has 0 saturated heterocycles. The number of carboxylic acid groups (broad SMARTS) is 1. The average Bonchev–Trinajstić information content (AvgIpc) is 2.66. The number of amides is 1. The van der Waals surface area contributed by atoms with Crippen molar-refractivity contribution in [2.24, 2.45) is 0 Å². The van der Waals surface area contributed by atoms with Gasteiger partial charge in [-0.25, -0.2) is 4.79 Å². The van der Waals surface area contributed by atoms with Crippen molar-refractivity contribution in [3.8, 4) is 11.5 Å². The Kier molecular flexibility index (Phi) is 7.35. The Morgan fingerprint density at radius 2 is 1.69 bits per heavy atom. The van der Waals surface area contributed by atoms with Gasteiger partial charge in [0.25, 0.3) is 0 Å². The standard InChI is InChI=1S/C19H21NO5S/c1-3-25-15-8-10-16(11-9-15)26-12-17(21)20-18(19(22)23)13-4-6-14(24-2)7-5-13/h4-11,18H,3,12H2,1-2H3,(H,20,21)(H,22,23). The topological polar surface area (TPSA) is 84.9 Å². The highest BCUT2D eigenvalue weighted by molar-refractivity contribution is 8.00. The monoisotopic (exact) mass is 375 g/mol. The number of aliphatic carboxylic acids is 1. The van der Waals surface area contributed by atoms with Gasteiger partial charge in [-0.1, -0.05) is 12.1 Å². The fourth-order valence-electron chi connectivity index (χ4n) is 2.23. The summed E-state index contributed by atoms with van der Waals surface area (Å²) in [6.07, 6.45) is 0. The maximum atomic E-state index is 12.2. The molecule has 7 heteroatoms. The lowest BCUT2D eigenvalue weighted by Gasteiger charge is -2.15. The highest BCUT2D eigenvalue weighted by atomic mass is 32.2. The molecule has 2 aromatic carbocycles. The number of carbonyl (C=O) groups excluding carboxylic acids is 1. The molecule has 0 saturated carbocycles. The third-order valence-corrected chi connectivity index (χ3v) is 4.52. The predicted octanol–water partition coefficient (Wildman–Crippen LogP) is 3.13. The lowest BCUT2D eigenvalue weighted by atomic mass is 10.1. The second-order valence-corrected chi connectivity index (χ2v) is 6.35. The summed E-state index contributed by atoms with van der Waals surface area (Å²) >= 11 is 1.33. The Hall–Kier alpha value is -2.67. The lowest BCUT2D eigenvalue weighted by Crippen LogP contribution is -2.34. The molecule has 1 amide bonds. The van der Waals surface area contributed by atoms with Crippen LogP contribution in [-0.2, 0) is 9.59 Å². The molecule has 0 spiro atoms. The van der Waals surface area contributed by atoms with Gasteiger partial charge >= 0.3 is 5.97 Å². The Bertz CT molecular complexity index is 731. The average molecular weight is 375 g/mol. The van der Waals surface area contributed by atoms with Gasteiger partial charge in [-0.15, -0.1) is 11.8 Å². The third-order valence-electron chi connectivity index (χ3n) is 3.51. The van der Waals surface area contributed by atoms with E-state index in [0.29, 0.717) is 17.9 Å². The van der Waals surface area contributed by atoms with E-state index in [1.807, 2.05) is 31.2 Å². The summed E-state index contributed by atoms with van der Waals surface area (Å²) in [7, 11) is 1.53. The number of benzene rings is 2. The van der Waals surface area contributed by atoms with Crippen LogP contribution < -0.4 is 14.8 Å². The Morgan fingerprint density at radius 3 is 2.23 bits per heavy atom. The summed E-state index contributed by atoms with van der Waals surface area (Å²) in [5, 5.41) is 11.9. The van der Waals surface area contributed by atoms with E-state index in [2.05, 4.69) is 5.32 Å². The van der Waals surface area contributed by atoms with E-state index < -0.39 is 12.0 Å². The molecule has 0 radical (unpaired) electrons. The van der Waals surface area contributed by atoms with Crippen LogP contribution in [0, 0.1) is 0 Å². The van der Waals surface area contributed by atoms with E-state index in [4.69, 9.17) is 9.47 Å². The van der Waals surface area contributed by atoms with Gasteiger partial charge < -0.3 is 19.9 Å². The quantitative estimate of drug-likeness (QED) is 0.655. The van der Waals surface area contributed by atoms with E-state index in [1.54, 1.807) is 24.3 Å². The van der Waals surface area contributed by atoms with Gasteiger partial charge in [0.2, 0.25) is 5.91 Å². The van der Waals surface area contributed by atoms with Crippen molar-refractivity contribution in [3.05, 3.63) is 54.1 Å². The number of ether oxygens (including phenoxy) is 2. The first-order valence-electron chi connectivity index (χ1n) is 8.05. The van der Waals surface area contributed by atoms with E-state index in [1.165, 1.54) is 18.9 Å². The smallest absolute Gasteiger partial charge is 0.330 e. The van der Waals surface area contributed by atoms with Crippen molar-refractivity contribution >= 4 is 23.6 Å². The maximum Gasteiger partial charge on any atom is 0.330 e. The van der Waals surface area contributed by atoms with Crippen LogP contribution in [0.3, 0.4) is 0 Å². The highest BCUT2D eigenvalue weighted by Gasteiger charge is 2.22. The number of rotatable bonds is 9. The second kappa shape index (κ2) is 9.72. The molecular formula is C19H21NO5S. The van der Waals surface area contributed by atoms with Crippen molar-refractivity contribution in [3.63, 3.8) is 0 Å². The van der Waals surface area contributed by atoms with Gasteiger partial charge in [-0.3, -0.25) is 4.79 Å². The van der Waals surface area contributed by atoms with E-state index in [0.717, 1.165) is 10.6 Å². The Balaban J connectivity index is 1.93. The van der Waals surface area contributed by atoms with Gasteiger partial charge in [0.1, 0.15) is 11.5 Å². The van der Waals surface area contributed by atoms with Crippen molar-refractivity contribution in [2.45, 2.75) is 17.9 Å². The summed E-state index contributed by atoms with van der Waals surface area (Å²) in [6.45, 7) is 2.51. The fraction of sp³-hybridized carbons (Fsp3) is 0.263. The molecule has 0 aliphatic heterocycles. The molecule has 1 atom stereocenters. The molecule has 0 aliphatic rings. The molecule has 0 fully saturated rings. The normalized spacial score (nSPS) is 11.5. The van der Waals surface area contributed by atoms with Crippen LogP contribution in [0.15, 0.2) is 53.4 Å². The minimum atomic E-state index is -1.12. The van der Waals surface area contributed by atoms with Crippen LogP contribution in [0.1, 0.15) is 18.5 Å². The van der Waals surface area contributed by atoms with Gasteiger partial charge in [-0.2, -0.15) is 0 Å². The fourth-order valence-corrected chi connectivity index (χ4v) is 2.94. The molecule has 2 aromatic rings. The molecule has 0 heterocycles. The maximum absolute atomic E-state index is 12.2. The molecule has 0 aliphatic carbocycles. The molecule has 26 heavy (non-hydrogen) atoms. The van der Waals surface area contributed by atoms with Crippen LogP contribution in [0.2, 0.25) is 0 Å². The van der Waals surface area contributed by atoms with Crippen LogP contribution in [0.25, 0.3) is 0 Å². The number of carbonyl (C=O) groups is 2. The van der Waals surface area contributed by atoms with Crippen molar-refractivity contribution < 1.29 is 24.2 Å². The molecule has 0 bridgehead atoms. The SMILES string of the molecule is CCOc1ccc(SCC(=O)NC(C(=O)O)c2ccc(OC)cc2)cc1. The number of hydrogen-bond acceptors (Lipinski definition) is 5. The molecule has 2 N–H and O–H groups in total. The van der Waals surface area contributed by atoms with Gasteiger partial charge in [0.15, 0.2) is 6.04 Å². The highest BCUT2D eigenvalue weighted by Crippen LogP contribution is 2.22. The first-order chi connectivity index (χ1) is 12.5. The minimum absolute atomic E-state index is 0.119.